The zero-order chi connectivity index (χ0) is 16.7. The van der Waals surface area contributed by atoms with Gasteiger partial charge in [-0.15, -0.1) is 11.3 Å². The van der Waals surface area contributed by atoms with E-state index < -0.39 is 0 Å². The van der Waals surface area contributed by atoms with Crippen LogP contribution in [0.15, 0.2) is 29.6 Å². The third kappa shape index (κ3) is 2.97. The second kappa shape index (κ2) is 6.28. The van der Waals surface area contributed by atoms with Crippen molar-refractivity contribution < 1.29 is 9.18 Å². The molecular weight excluding hydrogens is 323 g/mol. The lowest BCUT2D eigenvalue weighted by molar-refractivity contribution is -0.133. The molecule has 0 bridgehead atoms. The van der Waals surface area contributed by atoms with Crippen LogP contribution in [0.1, 0.15) is 47.4 Å². The molecule has 0 radical (unpaired) electrons. The van der Waals surface area contributed by atoms with E-state index in [-0.39, 0.29) is 23.6 Å². The Labute approximate surface area is 145 Å². The molecule has 0 N–H and O–H groups in total. The molecule has 2 aromatic rings. The van der Waals surface area contributed by atoms with Gasteiger partial charge in [-0.3, -0.25) is 4.79 Å². The zero-order valence-corrected chi connectivity index (χ0v) is 14.6. The molecule has 126 valence electrons. The number of hydrogen-bond donors (Lipinski definition) is 0. The van der Waals surface area contributed by atoms with Crippen molar-refractivity contribution in [1.82, 2.24) is 9.88 Å². The minimum Gasteiger partial charge on any atom is -0.342 e. The van der Waals surface area contributed by atoms with Crippen molar-refractivity contribution in [2.45, 2.75) is 38.0 Å². The molecule has 1 aliphatic heterocycles. The molecule has 1 amide bonds. The summed E-state index contributed by atoms with van der Waals surface area (Å²) in [5.74, 6) is 0.376. The second-order valence-corrected chi connectivity index (χ2v) is 7.81. The first-order chi connectivity index (χ1) is 11.6. The van der Waals surface area contributed by atoms with Crippen LogP contribution in [0, 0.1) is 18.7 Å². The van der Waals surface area contributed by atoms with E-state index in [2.05, 4.69) is 10.4 Å². The Morgan fingerprint density at radius 2 is 2.21 bits per heavy atom. The maximum absolute atomic E-state index is 13.9. The molecule has 24 heavy (non-hydrogen) atoms. The largest absolute Gasteiger partial charge is 0.342 e. The maximum Gasteiger partial charge on any atom is 0.226 e. The molecular formula is C19H21FN2OS. The van der Waals surface area contributed by atoms with E-state index in [9.17, 15) is 9.18 Å². The lowest BCUT2D eigenvalue weighted by Gasteiger charge is -2.32. The Balaban J connectivity index is 1.43. The molecule has 2 heterocycles. The Morgan fingerprint density at radius 1 is 1.38 bits per heavy atom. The first-order valence-corrected chi connectivity index (χ1v) is 9.46. The Bertz CT molecular complexity index is 759. The van der Waals surface area contributed by atoms with Gasteiger partial charge in [-0.2, -0.15) is 0 Å². The van der Waals surface area contributed by atoms with Gasteiger partial charge in [0.1, 0.15) is 5.82 Å². The van der Waals surface area contributed by atoms with Crippen molar-refractivity contribution in [2.75, 3.05) is 13.1 Å². The maximum atomic E-state index is 13.9. The summed E-state index contributed by atoms with van der Waals surface area (Å²) in [6, 6.07) is 6.84. The van der Waals surface area contributed by atoms with Crippen LogP contribution in [-0.2, 0) is 4.79 Å². The van der Waals surface area contributed by atoms with Gasteiger partial charge in [0.05, 0.1) is 5.01 Å². The Hall–Kier alpha value is -1.75. The standard InChI is InChI=1S/C19H21FN2OS/c1-12-11-24-18(21-12)13-5-4-8-22(10-13)19(23)16-9-15(16)14-6-2-3-7-17(14)20/h2-3,6-7,11,13,15-16H,4-5,8-10H2,1H3. The molecule has 1 aromatic heterocycles. The molecule has 5 heteroatoms. The summed E-state index contributed by atoms with van der Waals surface area (Å²) >= 11 is 1.69. The van der Waals surface area contributed by atoms with Gasteiger partial charge in [0.2, 0.25) is 5.91 Å². The SMILES string of the molecule is Cc1csc(C2CCCN(C(=O)C3CC3c3ccccc3F)C2)n1. The Kier molecular flexibility index (Phi) is 4.12. The quantitative estimate of drug-likeness (QED) is 0.840. The second-order valence-electron chi connectivity index (χ2n) is 6.92. The fourth-order valence-corrected chi connectivity index (χ4v) is 4.69. The minimum absolute atomic E-state index is 0.0429. The third-order valence-corrected chi connectivity index (χ3v) is 6.26. The summed E-state index contributed by atoms with van der Waals surface area (Å²) in [6.07, 6.45) is 2.89. The number of nitrogens with zero attached hydrogens (tertiary/aromatic N) is 2. The number of carbonyl (C=O) groups excluding carboxylic acids is 1. The average molecular weight is 344 g/mol. The monoisotopic (exact) mass is 344 g/mol. The molecule has 0 spiro atoms. The number of likely N-dealkylation sites (tertiary alicyclic amines) is 1. The number of benzene rings is 1. The lowest BCUT2D eigenvalue weighted by Crippen LogP contribution is -2.40. The molecule has 1 aliphatic carbocycles. The number of aryl methyl sites for hydroxylation is 1. The fraction of sp³-hybridized carbons (Fsp3) is 0.474. The molecule has 4 rings (SSSR count). The minimum atomic E-state index is -0.187. The van der Waals surface area contributed by atoms with Crippen LogP contribution in [-0.4, -0.2) is 28.9 Å². The highest BCUT2D eigenvalue weighted by Crippen LogP contribution is 2.49. The molecule has 2 aliphatic rings. The number of halogens is 1. The van der Waals surface area contributed by atoms with Gasteiger partial charge >= 0.3 is 0 Å². The van der Waals surface area contributed by atoms with Gasteiger partial charge in [0, 0.05) is 36.0 Å². The van der Waals surface area contributed by atoms with Crippen molar-refractivity contribution in [3.8, 4) is 0 Å². The number of thiazole rings is 1. The van der Waals surface area contributed by atoms with E-state index >= 15 is 0 Å². The van der Waals surface area contributed by atoms with E-state index in [1.807, 2.05) is 24.0 Å². The summed E-state index contributed by atoms with van der Waals surface area (Å²) in [6.45, 7) is 3.58. The number of rotatable bonds is 3. The summed E-state index contributed by atoms with van der Waals surface area (Å²) in [4.78, 5) is 19.4. The smallest absolute Gasteiger partial charge is 0.226 e. The summed E-state index contributed by atoms with van der Waals surface area (Å²) < 4.78 is 13.9. The Morgan fingerprint density at radius 3 is 2.96 bits per heavy atom. The topological polar surface area (TPSA) is 33.2 Å². The number of amides is 1. The fourth-order valence-electron chi connectivity index (χ4n) is 3.76. The van der Waals surface area contributed by atoms with Crippen LogP contribution in [0.3, 0.4) is 0 Å². The van der Waals surface area contributed by atoms with Crippen LogP contribution < -0.4 is 0 Å². The molecule has 1 saturated heterocycles. The number of aromatic nitrogens is 1. The summed E-state index contributed by atoms with van der Waals surface area (Å²) in [7, 11) is 0. The van der Waals surface area contributed by atoms with E-state index in [4.69, 9.17) is 0 Å². The lowest BCUT2D eigenvalue weighted by atomic mass is 9.98. The molecule has 3 nitrogen and oxygen atoms in total. The van der Waals surface area contributed by atoms with Crippen molar-refractivity contribution in [3.63, 3.8) is 0 Å². The van der Waals surface area contributed by atoms with Crippen molar-refractivity contribution >= 4 is 17.2 Å². The first kappa shape index (κ1) is 15.8. The van der Waals surface area contributed by atoms with Gasteiger partial charge in [-0.25, -0.2) is 9.37 Å². The average Bonchev–Trinajstić information content (AvgIpc) is 3.27. The van der Waals surface area contributed by atoms with Crippen LogP contribution in [0.25, 0.3) is 0 Å². The van der Waals surface area contributed by atoms with Crippen LogP contribution in [0.4, 0.5) is 4.39 Å². The molecule has 3 unspecified atom stereocenters. The number of piperidine rings is 1. The molecule has 2 fully saturated rings. The predicted molar refractivity (Wildman–Crippen MR) is 92.7 cm³/mol. The van der Waals surface area contributed by atoms with Crippen LogP contribution in [0.2, 0.25) is 0 Å². The van der Waals surface area contributed by atoms with Crippen molar-refractivity contribution in [1.29, 1.82) is 0 Å². The molecule has 1 aromatic carbocycles. The number of hydrogen-bond acceptors (Lipinski definition) is 3. The van der Waals surface area contributed by atoms with Gasteiger partial charge < -0.3 is 4.90 Å². The highest BCUT2D eigenvalue weighted by atomic mass is 32.1. The summed E-state index contributed by atoms with van der Waals surface area (Å²) in [5, 5.41) is 3.22. The first-order valence-electron chi connectivity index (χ1n) is 8.58. The van der Waals surface area contributed by atoms with Crippen LogP contribution >= 0.6 is 11.3 Å². The predicted octanol–water partition coefficient (Wildman–Crippen LogP) is 4.10. The van der Waals surface area contributed by atoms with E-state index in [0.29, 0.717) is 11.5 Å². The highest BCUT2D eigenvalue weighted by Gasteiger charge is 2.47. The number of carbonyl (C=O) groups is 1. The zero-order valence-electron chi connectivity index (χ0n) is 13.7. The van der Waals surface area contributed by atoms with Crippen molar-refractivity contribution in [2.24, 2.45) is 5.92 Å². The van der Waals surface area contributed by atoms with Crippen molar-refractivity contribution in [3.05, 3.63) is 51.7 Å². The van der Waals surface area contributed by atoms with Gasteiger partial charge in [0.15, 0.2) is 0 Å². The van der Waals surface area contributed by atoms with E-state index in [0.717, 1.165) is 43.1 Å². The summed E-state index contributed by atoms with van der Waals surface area (Å²) in [5.41, 5.74) is 1.75. The van der Waals surface area contributed by atoms with Crippen LogP contribution in [0.5, 0.6) is 0 Å². The van der Waals surface area contributed by atoms with Gasteiger partial charge in [-0.1, -0.05) is 18.2 Å². The molecule has 1 saturated carbocycles. The normalized spacial score (nSPS) is 26.4. The van der Waals surface area contributed by atoms with E-state index in [1.165, 1.54) is 6.07 Å². The highest BCUT2D eigenvalue weighted by molar-refractivity contribution is 7.09. The van der Waals surface area contributed by atoms with E-state index in [1.54, 1.807) is 17.4 Å². The van der Waals surface area contributed by atoms with Gasteiger partial charge in [0.25, 0.3) is 0 Å². The molecule has 3 atom stereocenters. The van der Waals surface area contributed by atoms with Gasteiger partial charge in [-0.05, 0) is 43.7 Å². The third-order valence-electron chi connectivity index (χ3n) is 5.13.